The van der Waals surface area contributed by atoms with Crippen LogP contribution in [0.15, 0.2) is 6.07 Å². The number of nitrogens with zero attached hydrogens (tertiary/aromatic N) is 1. The minimum Gasteiger partial charge on any atom is -0.378 e. The highest BCUT2D eigenvalue weighted by Gasteiger charge is 2.30. The molecular weight excluding hydrogens is 288 g/mol. The summed E-state index contributed by atoms with van der Waals surface area (Å²) in [5.74, 6) is 0.0104. The summed E-state index contributed by atoms with van der Waals surface area (Å²) in [6.07, 6.45) is 0. The van der Waals surface area contributed by atoms with E-state index in [0.29, 0.717) is 26.3 Å². The molecule has 1 saturated heterocycles. The Morgan fingerprint density at radius 1 is 1.48 bits per heavy atom. The van der Waals surface area contributed by atoms with Gasteiger partial charge in [0.05, 0.1) is 19.8 Å². The van der Waals surface area contributed by atoms with Crippen molar-refractivity contribution in [3.05, 3.63) is 21.4 Å². The van der Waals surface area contributed by atoms with E-state index >= 15 is 0 Å². The summed E-state index contributed by atoms with van der Waals surface area (Å²) in [6, 6.07) is 1.56. The maximum absolute atomic E-state index is 12.5. The lowest BCUT2D eigenvalue weighted by molar-refractivity contribution is -0.131. The summed E-state index contributed by atoms with van der Waals surface area (Å²) in [6.45, 7) is 8.21. The zero-order chi connectivity index (χ0) is 15.4. The lowest BCUT2D eigenvalue weighted by Gasteiger charge is -2.33. The van der Waals surface area contributed by atoms with Crippen LogP contribution >= 0.6 is 11.3 Å². The quantitative estimate of drug-likeness (QED) is 0.835. The van der Waals surface area contributed by atoms with E-state index in [2.05, 4.69) is 5.32 Å². The molecule has 1 unspecified atom stereocenters. The average molecular weight is 310 g/mol. The van der Waals surface area contributed by atoms with E-state index in [1.165, 1.54) is 0 Å². The van der Waals surface area contributed by atoms with Gasteiger partial charge in [-0.3, -0.25) is 14.5 Å². The number of aryl methyl sites for hydroxylation is 2. The second kappa shape index (κ2) is 7.15. The van der Waals surface area contributed by atoms with E-state index < -0.39 is 0 Å². The van der Waals surface area contributed by atoms with Crippen molar-refractivity contribution in [1.82, 2.24) is 10.2 Å². The Morgan fingerprint density at radius 3 is 2.86 bits per heavy atom. The lowest BCUT2D eigenvalue weighted by atomic mass is 10.1. The van der Waals surface area contributed by atoms with Gasteiger partial charge in [0.1, 0.15) is 6.04 Å². The number of carbonyl (C=O) groups excluding carboxylic acids is 2. The molecule has 0 spiro atoms. The zero-order valence-corrected chi connectivity index (χ0v) is 13.6. The second-order valence-electron chi connectivity index (χ2n) is 5.21. The molecule has 1 N–H and O–H groups in total. The molecule has 116 valence electrons. The van der Waals surface area contributed by atoms with Crippen molar-refractivity contribution in [2.45, 2.75) is 26.8 Å². The van der Waals surface area contributed by atoms with Gasteiger partial charge in [-0.15, -0.1) is 11.3 Å². The van der Waals surface area contributed by atoms with Crippen LogP contribution in [0.1, 0.15) is 27.0 Å². The third-order valence-electron chi connectivity index (χ3n) is 3.58. The van der Waals surface area contributed by atoms with E-state index in [1.807, 2.05) is 31.7 Å². The van der Waals surface area contributed by atoms with Crippen LogP contribution in [-0.4, -0.2) is 55.5 Å². The highest BCUT2D eigenvalue weighted by molar-refractivity contribution is 7.12. The van der Waals surface area contributed by atoms with Crippen molar-refractivity contribution in [1.29, 1.82) is 0 Å². The third kappa shape index (κ3) is 3.90. The van der Waals surface area contributed by atoms with Crippen LogP contribution in [0, 0.1) is 13.8 Å². The standard InChI is InChI=1S/C15H22N2O3S/c1-4-16-15(19)13-9-20-6-5-17(13)8-14(18)12-7-10(2)21-11(12)3/h7,13H,4-6,8-9H2,1-3H3,(H,16,19). The fourth-order valence-corrected chi connectivity index (χ4v) is 3.48. The van der Waals surface area contributed by atoms with E-state index in [-0.39, 0.29) is 24.3 Å². The van der Waals surface area contributed by atoms with E-state index in [4.69, 9.17) is 4.74 Å². The molecule has 1 fully saturated rings. The maximum atomic E-state index is 12.5. The van der Waals surface area contributed by atoms with Crippen LogP contribution in [0.25, 0.3) is 0 Å². The van der Waals surface area contributed by atoms with Crippen LogP contribution in [0.5, 0.6) is 0 Å². The molecule has 2 heterocycles. The number of rotatable bonds is 5. The fourth-order valence-electron chi connectivity index (χ4n) is 2.54. The minimum atomic E-state index is -0.373. The Labute approximate surface area is 129 Å². The summed E-state index contributed by atoms with van der Waals surface area (Å²) in [7, 11) is 0. The summed E-state index contributed by atoms with van der Waals surface area (Å²) in [5.41, 5.74) is 0.777. The molecule has 1 aromatic rings. The molecule has 0 bridgehead atoms. The second-order valence-corrected chi connectivity index (χ2v) is 6.67. The first-order valence-corrected chi connectivity index (χ1v) is 8.04. The third-order valence-corrected chi connectivity index (χ3v) is 4.55. The number of Topliss-reactive ketones (excluding diaryl/α,β-unsaturated/α-hetero) is 1. The lowest BCUT2D eigenvalue weighted by Crippen LogP contribution is -2.55. The van der Waals surface area contributed by atoms with Gasteiger partial charge in [-0.05, 0) is 26.8 Å². The van der Waals surface area contributed by atoms with Gasteiger partial charge in [-0.25, -0.2) is 0 Å². The average Bonchev–Trinajstić information content (AvgIpc) is 2.78. The van der Waals surface area contributed by atoms with Crippen molar-refractivity contribution in [3.8, 4) is 0 Å². The van der Waals surface area contributed by atoms with Gasteiger partial charge in [-0.1, -0.05) is 0 Å². The summed E-state index contributed by atoms with van der Waals surface area (Å²) in [5, 5.41) is 2.80. The molecule has 2 rings (SSSR count). The molecule has 6 heteroatoms. The van der Waals surface area contributed by atoms with E-state index in [0.717, 1.165) is 15.3 Å². The molecular formula is C15H22N2O3S. The Bertz CT molecular complexity index is 527. The number of hydrogen-bond acceptors (Lipinski definition) is 5. The van der Waals surface area contributed by atoms with Crippen molar-refractivity contribution >= 4 is 23.0 Å². The molecule has 5 nitrogen and oxygen atoms in total. The zero-order valence-electron chi connectivity index (χ0n) is 12.8. The Kier molecular flexibility index (Phi) is 5.50. The van der Waals surface area contributed by atoms with Gasteiger partial charge in [0, 0.05) is 28.4 Å². The molecule has 0 radical (unpaired) electrons. The monoisotopic (exact) mass is 310 g/mol. The number of carbonyl (C=O) groups is 2. The highest BCUT2D eigenvalue weighted by Crippen LogP contribution is 2.21. The topological polar surface area (TPSA) is 58.6 Å². The number of nitrogens with one attached hydrogen (secondary N) is 1. The first-order chi connectivity index (χ1) is 10.0. The summed E-state index contributed by atoms with van der Waals surface area (Å²) < 4.78 is 5.38. The van der Waals surface area contributed by atoms with Gasteiger partial charge in [0.25, 0.3) is 0 Å². The van der Waals surface area contributed by atoms with Gasteiger partial charge in [-0.2, -0.15) is 0 Å². The molecule has 1 atom stereocenters. The number of ketones is 1. The summed E-state index contributed by atoms with van der Waals surface area (Å²) in [4.78, 5) is 28.6. The van der Waals surface area contributed by atoms with Crippen molar-refractivity contribution in [3.63, 3.8) is 0 Å². The first kappa shape index (κ1) is 16.1. The maximum Gasteiger partial charge on any atom is 0.239 e. The molecule has 0 saturated carbocycles. The number of amides is 1. The smallest absolute Gasteiger partial charge is 0.239 e. The van der Waals surface area contributed by atoms with E-state index in [9.17, 15) is 9.59 Å². The van der Waals surface area contributed by atoms with Crippen LogP contribution < -0.4 is 5.32 Å². The van der Waals surface area contributed by atoms with Crippen LogP contribution in [-0.2, 0) is 9.53 Å². The highest BCUT2D eigenvalue weighted by atomic mass is 32.1. The van der Waals surface area contributed by atoms with E-state index in [1.54, 1.807) is 11.3 Å². The SMILES string of the molecule is CCNC(=O)C1COCCN1CC(=O)c1cc(C)sc1C. The fraction of sp³-hybridized carbons (Fsp3) is 0.600. The Balaban J connectivity index is 2.06. The molecule has 1 aliphatic rings. The number of thiophene rings is 1. The summed E-state index contributed by atoms with van der Waals surface area (Å²) >= 11 is 1.63. The van der Waals surface area contributed by atoms with Gasteiger partial charge >= 0.3 is 0 Å². The minimum absolute atomic E-state index is 0.0665. The largest absolute Gasteiger partial charge is 0.378 e. The number of likely N-dealkylation sites (N-methyl/N-ethyl adjacent to an activating group) is 1. The van der Waals surface area contributed by atoms with Crippen molar-refractivity contribution < 1.29 is 14.3 Å². The molecule has 1 amide bonds. The molecule has 21 heavy (non-hydrogen) atoms. The van der Waals surface area contributed by atoms with Crippen molar-refractivity contribution in [2.75, 3.05) is 32.8 Å². The molecule has 1 aliphatic heterocycles. The Morgan fingerprint density at radius 2 is 2.24 bits per heavy atom. The molecule has 0 aliphatic carbocycles. The molecule has 0 aromatic carbocycles. The van der Waals surface area contributed by atoms with Gasteiger partial charge in [0.15, 0.2) is 5.78 Å². The number of hydrogen-bond donors (Lipinski definition) is 1. The van der Waals surface area contributed by atoms with Crippen LogP contribution in [0.4, 0.5) is 0 Å². The van der Waals surface area contributed by atoms with Gasteiger partial charge in [0.2, 0.25) is 5.91 Å². The Hall–Kier alpha value is -1.24. The number of morpholine rings is 1. The van der Waals surface area contributed by atoms with Crippen molar-refractivity contribution in [2.24, 2.45) is 0 Å². The van der Waals surface area contributed by atoms with Crippen LogP contribution in [0.2, 0.25) is 0 Å². The number of ether oxygens (including phenoxy) is 1. The molecule has 1 aromatic heterocycles. The first-order valence-electron chi connectivity index (χ1n) is 7.22. The van der Waals surface area contributed by atoms with Gasteiger partial charge < -0.3 is 10.1 Å². The van der Waals surface area contributed by atoms with Crippen LogP contribution in [0.3, 0.4) is 0 Å². The predicted octanol–water partition coefficient (Wildman–Crippen LogP) is 1.38. The normalized spacial score (nSPS) is 19.5. The predicted molar refractivity (Wildman–Crippen MR) is 83.0 cm³/mol.